The molecule has 1 saturated heterocycles. The number of carbonyl (C=O) groups is 2. The molecule has 0 saturated carbocycles. The van der Waals surface area contributed by atoms with Gasteiger partial charge in [0.15, 0.2) is 0 Å². The van der Waals surface area contributed by atoms with Gasteiger partial charge in [0.1, 0.15) is 0 Å². The smallest absolute Gasteiger partial charge is 0.239 e. The third kappa shape index (κ3) is 5.30. The predicted octanol–water partition coefficient (Wildman–Crippen LogP) is 2.24. The number of rotatable bonds is 8. The minimum Gasteiger partial charge on any atom is -0.356 e. The Balaban J connectivity index is 1.76. The Morgan fingerprint density at radius 2 is 2.00 bits per heavy atom. The second-order valence-corrected chi connectivity index (χ2v) is 6.94. The van der Waals surface area contributed by atoms with Gasteiger partial charge >= 0.3 is 0 Å². The van der Waals surface area contributed by atoms with Crippen LogP contribution in [0.2, 0.25) is 0 Å². The molecule has 138 valence electrons. The van der Waals surface area contributed by atoms with E-state index < -0.39 is 0 Å². The van der Waals surface area contributed by atoms with Gasteiger partial charge < -0.3 is 10.2 Å². The molecule has 25 heavy (non-hydrogen) atoms. The highest BCUT2D eigenvalue weighted by molar-refractivity contribution is 5.83. The maximum atomic E-state index is 12.4. The molecular weight excluding hydrogens is 314 g/mol. The zero-order valence-electron chi connectivity index (χ0n) is 15.7. The summed E-state index contributed by atoms with van der Waals surface area (Å²) in [5.41, 5.74) is 1.07. The van der Waals surface area contributed by atoms with Crippen LogP contribution in [0, 0.1) is 0 Å². The maximum Gasteiger partial charge on any atom is 0.239 e. The third-order valence-electron chi connectivity index (χ3n) is 4.94. The summed E-state index contributed by atoms with van der Waals surface area (Å²) < 4.78 is 0. The molecule has 1 aliphatic rings. The van der Waals surface area contributed by atoms with E-state index in [0.717, 1.165) is 44.3 Å². The molecule has 0 unspecified atom stereocenters. The van der Waals surface area contributed by atoms with E-state index in [0.29, 0.717) is 6.54 Å². The van der Waals surface area contributed by atoms with E-state index in [4.69, 9.17) is 0 Å². The fourth-order valence-electron chi connectivity index (χ4n) is 3.55. The molecule has 1 N–H and O–H groups in total. The van der Waals surface area contributed by atoms with Crippen molar-refractivity contribution in [2.24, 2.45) is 0 Å². The van der Waals surface area contributed by atoms with E-state index in [1.165, 1.54) is 0 Å². The molecule has 2 amide bonds. The van der Waals surface area contributed by atoms with E-state index in [1.54, 1.807) is 4.90 Å². The van der Waals surface area contributed by atoms with Gasteiger partial charge in [-0.1, -0.05) is 37.3 Å². The highest BCUT2D eigenvalue weighted by atomic mass is 16.2. The predicted molar refractivity (Wildman–Crippen MR) is 100 cm³/mol. The van der Waals surface area contributed by atoms with Crippen LogP contribution in [-0.4, -0.2) is 61.4 Å². The van der Waals surface area contributed by atoms with Crippen molar-refractivity contribution >= 4 is 11.8 Å². The van der Waals surface area contributed by atoms with Gasteiger partial charge in [-0.3, -0.25) is 14.5 Å². The molecule has 1 heterocycles. The standard InChI is InChI=1S/C20H31N3O2/c1-4-17(16-10-6-5-7-11-16)19(24)21-13-9-15-23-14-8-12-18(23)20(25)22(2)3/h5-7,10-11,17-18H,4,8-9,12-15H2,1-3H3,(H,21,24)/t17-,18-/m0/s1. The second kappa shape index (κ2) is 9.56. The molecule has 1 aromatic carbocycles. The van der Waals surface area contributed by atoms with Crippen molar-refractivity contribution in [1.29, 1.82) is 0 Å². The summed E-state index contributed by atoms with van der Waals surface area (Å²) in [5, 5.41) is 3.06. The molecule has 0 bridgehead atoms. The maximum absolute atomic E-state index is 12.4. The molecule has 5 nitrogen and oxygen atoms in total. The zero-order chi connectivity index (χ0) is 18.2. The molecule has 5 heteroatoms. The Morgan fingerprint density at radius 3 is 2.64 bits per heavy atom. The molecule has 0 aromatic heterocycles. The van der Waals surface area contributed by atoms with Gasteiger partial charge in [-0.25, -0.2) is 0 Å². The molecular formula is C20H31N3O2. The number of nitrogens with zero attached hydrogens (tertiary/aromatic N) is 2. The van der Waals surface area contributed by atoms with E-state index in [1.807, 2.05) is 51.4 Å². The van der Waals surface area contributed by atoms with Crippen LogP contribution in [-0.2, 0) is 9.59 Å². The summed E-state index contributed by atoms with van der Waals surface area (Å²) in [4.78, 5) is 28.6. The number of amides is 2. The summed E-state index contributed by atoms with van der Waals surface area (Å²) in [5.74, 6) is 0.198. The molecule has 0 aliphatic carbocycles. The summed E-state index contributed by atoms with van der Waals surface area (Å²) in [6, 6.07) is 9.94. The first-order valence-corrected chi connectivity index (χ1v) is 9.32. The van der Waals surface area contributed by atoms with Gasteiger partial charge in [0.05, 0.1) is 12.0 Å². The number of carbonyl (C=O) groups excluding carboxylic acids is 2. The fourth-order valence-corrected chi connectivity index (χ4v) is 3.55. The average molecular weight is 345 g/mol. The number of likely N-dealkylation sites (N-methyl/N-ethyl adjacent to an activating group) is 1. The van der Waals surface area contributed by atoms with Gasteiger partial charge in [0.2, 0.25) is 11.8 Å². The van der Waals surface area contributed by atoms with Gasteiger partial charge in [0.25, 0.3) is 0 Å². The Morgan fingerprint density at radius 1 is 1.28 bits per heavy atom. The van der Waals surface area contributed by atoms with Crippen LogP contribution < -0.4 is 5.32 Å². The van der Waals surface area contributed by atoms with E-state index in [2.05, 4.69) is 10.2 Å². The summed E-state index contributed by atoms with van der Waals surface area (Å²) >= 11 is 0. The monoisotopic (exact) mass is 345 g/mol. The van der Waals surface area contributed by atoms with Crippen LogP contribution in [0.25, 0.3) is 0 Å². The number of nitrogens with one attached hydrogen (secondary N) is 1. The summed E-state index contributed by atoms with van der Waals surface area (Å²) in [6.07, 6.45) is 3.67. The van der Waals surface area contributed by atoms with Crippen molar-refractivity contribution in [1.82, 2.24) is 15.1 Å². The van der Waals surface area contributed by atoms with E-state index in [-0.39, 0.29) is 23.8 Å². The van der Waals surface area contributed by atoms with Crippen molar-refractivity contribution in [3.05, 3.63) is 35.9 Å². The van der Waals surface area contributed by atoms with Gasteiger partial charge in [-0.2, -0.15) is 0 Å². The van der Waals surface area contributed by atoms with Crippen LogP contribution in [0.15, 0.2) is 30.3 Å². The van der Waals surface area contributed by atoms with Crippen LogP contribution >= 0.6 is 0 Å². The highest BCUT2D eigenvalue weighted by Gasteiger charge is 2.31. The molecule has 1 aliphatic heterocycles. The summed E-state index contributed by atoms with van der Waals surface area (Å²) in [6.45, 7) is 4.52. The van der Waals surface area contributed by atoms with Crippen LogP contribution in [0.1, 0.15) is 44.1 Å². The number of likely N-dealkylation sites (tertiary alicyclic amines) is 1. The minimum absolute atomic E-state index is 0.0124. The lowest BCUT2D eigenvalue weighted by Gasteiger charge is -2.26. The lowest BCUT2D eigenvalue weighted by atomic mass is 9.96. The van der Waals surface area contributed by atoms with Crippen LogP contribution in [0.3, 0.4) is 0 Å². The molecule has 0 spiro atoms. The quantitative estimate of drug-likeness (QED) is 0.735. The normalized spacial score (nSPS) is 18.8. The number of benzene rings is 1. The first-order valence-electron chi connectivity index (χ1n) is 9.32. The Kier molecular flexibility index (Phi) is 7.44. The van der Waals surface area contributed by atoms with Crippen molar-refractivity contribution in [3.8, 4) is 0 Å². The topological polar surface area (TPSA) is 52.7 Å². The second-order valence-electron chi connectivity index (χ2n) is 6.94. The fraction of sp³-hybridized carbons (Fsp3) is 0.600. The van der Waals surface area contributed by atoms with Gasteiger partial charge in [-0.15, -0.1) is 0 Å². The Labute approximate surface area is 151 Å². The van der Waals surface area contributed by atoms with Crippen molar-refractivity contribution in [2.75, 3.05) is 33.7 Å². The SMILES string of the molecule is CC[C@H](C(=O)NCCCN1CCC[C@H]1C(=O)N(C)C)c1ccccc1. The summed E-state index contributed by atoms with van der Waals surface area (Å²) in [7, 11) is 3.63. The van der Waals surface area contributed by atoms with Gasteiger partial charge in [-0.05, 0) is 37.8 Å². The lowest BCUT2D eigenvalue weighted by molar-refractivity contribution is -0.133. The average Bonchev–Trinajstić information content (AvgIpc) is 3.08. The molecule has 2 atom stereocenters. The van der Waals surface area contributed by atoms with Gasteiger partial charge in [0, 0.05) is 27.2 Å². The lowest BCUT2D eigenvalue weighted by Crippen LogP contribution is -2.43. The van der Waals surface area contributed by atoms with Crippen LogP contribution in [0.5, 0.6) is 0 Å². The molecule has 1 aromatic rings. The molecule has 1 fully saturated rings. The zero-order valence-corrected chi connectivity index (χ0v) is 15.7. The first-order chi connectivity index (χ1) is 12.0. The molecule has 2 rings (SSSR count). The van der Waals surface area contributed by atoms with Crippen LogP contribution in [0.4, 0.5) is 0 Å². The third-order valence-corrected chi connectivity index (χ3v) is 4.94. The van der Waals surface area contributed by atoms with Crippen molar-refractivity contribution in [3.63, 3.8) is 0 Å². The minimum atomic E-state index is -0.0870. The highest BCUT2D eigenvalue weighted by Crippen LogP contribution is 2.20. The number of hydrogen-bond donors (Lipinski definition) is 1. The Hall–Kier alpha value is -1.88. The van der Waals surface area contributed by atoms with Crippen molar-refractivity contribution < 1.29 is 9.59 Å². The number of hydrogen-bond acceptors (Lipinski definition) is 3. The Bertz CT molecular complexity index is 559. The van der Waals surface area contributed by atoms with Crippen molar-refractivity contribution in [2.45, 2.75) is 44.6 Å². The van der Waals surface area contributed by atoms with E-state index >= 15 is 0 Å². The van der Waals surface area contributed by atoms with E-state index in [9.17, 15) is 9.59 Å². The first kappa shape index (κ1) is 19.4. The largest absolute Gasteiger partial charge is 0.356 e. The molecule has 0 radical (unpaired) electrons.